The third kappa shape index (κ3) is 5.60. The molecule has 1 unspecified atom stereocenters. The normalized spacial score (nSPS) is 17.4. The molecule has 0 radical (unpaired) electrons. The fraction of sp³-hybridized carbons (Fsp3) is 0.667. The van der Waals surface area contributed by atoms with Gasteiger partial charge in [0.1, 0.15) is 0 Å². The van der Waals surface area contributed by atoms with Crippen molar-refractivity contribution in [2.75, 3.05) is 26.2 Å². The Morgan fingerprint density at radius 3 is 2.67 bits per heavy atom. The van der Waals surface area contributed by atoms with Gasteiger partial charge < -0.3 is 10.6 Å². The standard InChI is InChI=1S/C18H29N3O2S/c1-3-9-19-18(23)15-7-11-21(12-8-15)14(2)17(22)20-10-6-16-5-4-13-24-16/h4-5,13-15H,3,6-12H2,1-2H3,(H,19,23)(H,20,22). The van der Waals surface area contributed by atoms with Gasteiger partial charge in [-0.15, -0.1) is 11.3 Å². The molecule has 1 aliphatic rings. The van der Waals surface area contributed by atoms with Gasteiger partial charge >= 0.3 is 0 Å². The van der Waals surface area contributed by atoms with Crippen LogP contribution < -0.4 is 10.6 Å². The SMILES string of the molecule is CCCNC(=O)C1CCN(C(C)C(=O)NCCc2cccs2)CC1. The van der Waals surface area contributed by atoms with Crippen LogP contribution in [0.5, 0.6) is 0 Å². The lowest BCUT2D eigenvalue weighted by Gasteiger charge is -2.34. The zero-order valence-electron chi connectivity index (χ0n) is 14.7. The second-order valence-corrected chi connectivity index (χ2v) is 7.43. The number of amides is 2. The highest BCUT2D eigenvalue weighted by atomic mass is 32.1. The second-order valence-electron chi connectivity index (χ2n) is 6.40. The third-order valence-corrected chi connectivity index (χ3v) is 5.56. The van der Waals surface area contributed by atoms with Crippen LogP contribution in [0.25, 0.3) is 0 Å². The molecule has 2 heterocycles. The number of hydrogen-bond donors (Lipinski definition) is 2. The minimum Gasteiger partial charge on any atom is -0.356 e. The number of hydrogen-bond acceptors (Lipinski definition) is 4. The third-order valence-electron chi connectivity index (χ3n) is 4.63. The lowest BCUT2D eigenvalue weighted by molar-refractivity contribution is -0.128. The van der Waals surface area contributed by atoms with Crippen LogP contribution in [-0.4, -0.2) is 48.9 Å². The Morgan fingerprint density at radius 2 is 2.04 bits per heavy atom. The molecule has 2 N–H and O–H groups in total. The number of likely N-dealkylation sites (tertiary alicyclic amines) is 1. The van der Waals surface area contributed by atoms with E-state index in [0.717, 1.165) is 45.3 Å². The summed E-state index contributed by atoms with van der Waals surface area (Å²) in [5, 5.41) is 8.06. The molecule has 134 valence electrons. The summed E-state index contributed by atoms with van der Waals surface area (Å²) in [6.07, 6.45) is 3.52. The number of nitrogens with zero attached hydrogens (tertiary/aromatic N) is 1. The summed E-state index contributed by atoms with van der Waals surface area (Å²) in [7, 11) is 0. The van der Waals surface area contributed by atoms with E-state index in [-0.39, 0.29) is 23.8 Å². The average molecular weight is 352 g/mol. The number of piperidine rings is 1. The van der Waals surface area contributed by atoms with E-state index >= 15 is 0 Å². The molecule has 1 atom stereocenters. The molecule has 1 aromatic rings. The Morgan fingerprint density at radius 1 is 1.29 bits per heavy atom. The van der Waals surface area contributed by atoms with Gasteiger partial charge in [0.15, 0.2) is 0 Å². The number of rotatable bonds is 8. The van der Waals surface area contributed by atoms with E-state index in [1.165, 1.54) is 4.88 Å². The number of thiophene rings is 1. The van der Waals surface area contributed by atoms with E-state index in [4.69, 9.17) is 0 Å². The Kier molecular flexibility index (Phi) is 7.72. The number of carbonyl (C=O) groups is 2. The largest absolute Gasteiger partial charge is 0.356 e. The lowest BCUT2D eigenvalue weighted by atomic mass is 9.95. The Balaban J connectivity index is 1.68. The van der Waals surface area contributed by atoms with Gasteiger partial charge in [0.05, 0.1) is 6.04 Å². The van der Waals surface area contributed by atoms with Crippen LogP contribution in [0.3, 0.4) is 0 Å². The fourth-order valence-electron chi connectivity index (χ4n) is 3.02. The molecular weight excluding hydrogens is 322 g/mol. The monoisotopic (exact) mass is 351 g/mol. The van der Waals surface area contributed by atoms with Gasteiger partial charge in [-0.3, -0.25) is 14.5 Å². The molecule has 24 heavy (non-hydrogen) atoms. The van der Waals surface area contributed by atoms with Gasteiger partial charge in [-0.05, 0) is 57.1 Å². The zero-order valence-corrected chi connectivity index (χ0v) is 15.5. The summed E-state index contributed by atoms with van der Waals surface area (Å²) in [5.74, 6) is 0.354. The van der Waals surface area contributed by atoms with E-state index in [0.29, 0.717) is 6.54 Å². The summed E-state index contributed by atoms with van der Waals surface area (Å²) in [4.78, 5) is 27.8. The number of nitrogens with one attached hydrogen (secondary N) is 2. The van der Waals surface area contributed by atoms with Gasteiger partial charge in [-0.25, -0.2) is 0 Å². The van der Waals surface area contributed by atoms with Crippen molar-refractivity contribution in [2.24, 2.45) is 5.92 Å². The molecule has 0 aromatic carbocycles. The van der Waals surface area contributed by atoms with Crippen molar-refractivity contribution in [3.8, 4) is 0 Å². The van der Waals surface area contributed by atoms with Crippen LogP contribution >= 0.6 is 11.3 Å². The molecule has 1 fully saturated rings. The van der Waals surface area contributed by atoms with Crippen molar-refractivity contribution >= 4 is 23.2 Å². The van der Waals surface area contributed by atoms with E-state index in [9.17, 15) is 9.59 Å². The van der Waals surface area contributed by atoms with Crippen molar-refractivity contribution in [3.05, 3.63) is 22.4 Å². The quantitative estimate of drug-likeness (QED) is 0.753. The van der Waals surface area contributed by atoms with Crippen molar-refractivity contribution in [1.82, 2.24) is 15.5 Å². The van der Waals surface area contributed by atoms with Crippen LogP contribution in [-0.2, 0) is 16.0 Å². The van der Waals surface area contributed by atoms with Gasteiger partial charge in [0.25, 0.3) is 0 Å². The first-order chi connectivity index (χ1) is 11.6. The van der Waals surface area contributed by atoms with Crippen molar-refractivity contribution < 1.29 is 9.59 Å². The highest BCUT2D eigenvalue weighted by Gasteiger charge is 2.29. The van der Waals surface area contributed by atoms with Gasteiger partial charge in [-0.2, -0.15) is 0 Å². The Hall–Kier alpha value is -1.40. The maximum atomic E-state index is 12.3. The predicted molar refractivity (Wildman–Crippen MR) is 98.1 cm³/mol. The molecule has 1 aliphatic heterocycles. The maximum absolute atomic E-state index is 12.3. The van der Waals surface area contributed by atoms with Crippen LogP contribution in [0.4, 0.5) is 0 Å². The van der Waals surface area contributed by atoms with Crippen LogP contribution in [0.1, 0.15) is 38.0 Å². The summed E-state index contributed by atoms with van der Waals surface area (Å²) in [6, 6.07) is 3.99. The molecule has 0 bridgehead atoms. The van der Waals surface area contributed by atoms with E-state index in [2.05, 4.69) is 33.9 Å². The van der Waals surface area contributed by atoms with Crippen LogP contribution in [0, 0.1) is 5.92 Å². The molecular formula is C18H29N3O2S. The average Bonchev–Trinajstić information content (AvgIpc) is 3.12. The predicted octanol–water partition coefficient (Wildman–Crippen LogP) is 2.03. The van der Waals surface area contributed by atoms with Crippen molar-refractivity contribution in [1.29, 1.82) is 0 Å². The van der Waals surface area contributed by atoms with Gasteiger partial charge in [-0.1, -0.05) is 13.0 Å². The summed E-state index contributed by atoms with van der Waals surface area (Å²) < 4.78 is 0. The smallest absolute Gasteiger partial charge is 0.237 e. The highest BCUT2D eigenvalue weighted by Crippen LogP contribution is 2.19. The molecule has 1 saturated heterocycles. The first-order valence-electron chi connectivity index (χ1n) is 8.93. The van der Waals surface area contributed by atoms with Crippen molar-refractivity contribution in [3.63, 3.8) is 0 Å². The first kappa shape index (κ1) is 18.9. The molecule has 6 heteroatoms. The molecule has 5 nitrogen and oxygen atoms in total. The molecule has 0 aliphatic carbocycles. The van der Waals surface area contributed by atoms with Crippen LogP contribution in [0.15, 0.2) is 17.5 Å². The molecule has 0 saturated carbocycles. The highest BCUT2D eigenvalue weighted by molar-refractivity contribution is 7.09. The van der Waals surface area contributed by atoms with Crippen LogP contribution in [0.2, 0.25) is 0 Å². The molecule has 1 aromatic heterocycles. The minimum atomic E-state index is -0.131. The molecule has 2 amide bonds. The number of carbonyl (C=O) groups excluding carboxylic acids is 2. The van der Waals surface area contributed by atoms with E-state index in [1.54, 1.807) is 11.3 Å². The minimum absolute atomic E-state index is 0.0837. The van der Waals surface area contributed by atoms with E-state index < -0.39 is 0 Å². The van der Waals surface area contributed by atoms with Gasteiger partial charge in [0, 0.05) is 23.9 Å². The van der Waals surface area contributed by atoms with Gasteiger partial charge in [0.2, 0.25) is 11.8 Å². The second kappa shape index (κ2) is 9.79. The maximum Gasteiger partial charge on any atom is 0.237 e. The molecule has 0 spiro atoms. The first-order valence-corrected chi connectivity index (χ1v) is 9.81. The Labute approximate surface area is 148 Å². The topological polar surface area (TPSA) is 61.4 Å². The summed E-state index contributed by atoms with van der Waals surface area (Å²) >= 11 is 1.72. The zero-order chi connectivity index (χ0) is 17.4. The lowest BCUT2D eigenvalue weighted by Crippen LogP contribution is -2.50. The summed E-state index contributed by atoms with van der Waals surface area (Å²) in [5.41, 5.74) is 0. The summed E-state index contributed by atoms with van der Waals surface area (Å²) in [6.45, 7) is 7.06. The molecule has 2 rings (SSSR count). The van der Waals surface area contributed by atoms with Crippen molar-refractivity contribution in [2.45, 2.75) is 45.6 Å². The van der Waals surface area contributed by atoms with E-state index in [1.807, 2.05) is 13.0 Å². The fourth-order valence-corrected chi connectivity index (χ4v) is 3.73. The Bertz CT molecular complexity index is 510.